The summed E-state index contributed by atoms with van der Waals surface area (Å²) in [6.07, 6.45) is 2.41. The molecule has 1 fully saturated rings. The molecule has 0 saturated carbocycles. The summed E-state index contributed by atoms with van der Waals surface area (Å²) in [4.78, 5) is 17.1. The number of halogens is 1. The topological polar surface area (TPSA) is 56.1 Å². The van der Waals surface area contributed by atoms with Crippen LogP contribution in [0.2, 0.25) is 0 Å². The van der Waals surface area contributed by atoms with E-state index in [2.05, 4.69) is 24.1 Å². The highest BCUT2D eigenvalue weighted by molar-refractivity contribution is 5.79. The Hall–Kier alpha value is -1.95. The monoisotopic (exact) mass is 347 g/mol. The Morgan fingerprint density at radius 1 is 1.48 bits per heavy atom. The molecule has 136 valence electrons. The maximum Gasteiger partial charge on any atom is 0.225 e. The number of amides is 1. The van der Waals surface area contributed by atoms with Gasteiger partial charge in [-0.2, -0.15) is 0 Å². The van der Waals surface area contributed by atoms with Crippen LogP contribution in [0.25, 0.3) is 11.0 Å². The van der Waals surface area contributed by atoms with Crippen LogP contribution in [-0.4, -0.2) is 34.7 Å². The van der Waals surface area contributed by atoms with Crippen LogP contribution in [-0.2, 0) is 23.0 Å². The van der Waals surface area contributed by atoms with Crippen molar-refractivity contribution in [2.24, 2.45) is 18.9 Å². The lowest BCUT2D eigenvalue weighted by Gasteiger charge is -2.33. The number of imidazole rings is 1. The van der Waals surface area contributed by atoms with E-state index < -0.39 is 0 Å². The van der Waals surface area contributed by atoms with E-state index in [1.165, 1.54) is 12.1 Å². The Kier molecular flexibility index (Phi) is 5.37. The summed E-state index contributed by atoms with van der Waals surface area (Å²) in [6, 6.07) is 4.58. The van der Waals surface area contributed by atoms with Crippen molar-refractivity contribution < 1.29 is 13.9 Å². The number of nitrogens with one attached hydrogen (secondary N) is 1. The normalized spacial score (nSPS) is 21.0. The Labute approximate surface area is 147 Å². The molecule has 1 saturated heterocycles. The fraction of sp³-hybridized carbons (Fsp3) is 0.579. The Balaban J connectivity index is 1.61. The minimum absolute atomic E-state index is 0.00697. The first-order chi connectivity index (χ1) is 12.0. The van der Waals surface area contributed by atoms with E-state index >= 15 is 0 Å². The van der Waals surface area contributed by atoms with Gasteiger partial charge in [0.2, 0.25) is 5.91 Å². The number of hydrogen-bond donors (Lipinski definition) is 1. The van der Waals surface area contributed by atoms with Crippen LogP contribution in [0.3, 0.4) is 0 Å². The van der Waals surface area contributed by atoms with Crippen molar-refractivity contribution in [3.05, 3.63) is 29.8 Å². The van der Waals surface area contributed by atoms with Crippen LogP contribution >= 0.6 is 0 Å². The SMILES string of the molecule is CC(C)[C@H]1OCCC[C@@H]1C(=O)NCCc1nc2ccc(F)cc2n1C. The van der Waals surface area contributed by atoms with Gasteiger partial charge >= 0.3 is 0 Å². The largest absolute Gasteiger partial charge is 0.377 e. The number of rotatable bonds is 5. The van der Waals surface area contributed by atoms with Crippen molar-refractivity contribution in [2.75, 3.05) is 13.2 Å². The molecule has 1 aromatic carbocycles. The summed E-state index contributed by atoms with van der Waals surface area (Å²) in [7, 11) is 1.87. The zero-order chi connectivity index (χ0) is 18.0. The summed E-state index contributed by atoms with van der Waals surface area (Å²) < 4.78 is 21.1. The van der Waals surface area contributed by atoms with Gasteiger partial charge < -0.3 is 14.6 Å². The van der Waals surface area contributed by atoms with Gasteiger partial charge in [0.05, 0.1) is 23.1 Å². The molecule has 0 bridgehead atoms. The molecule has 5 nitrogen and oxygen atoms in total. The maximum atomic E-state index is 13.4. The number of hydrogen-bond acceptors (Lipinski definition) is 3. The van der Waals surface area contributed by atoms with Gasteiger partial charge in [0.1, 0.15) is 11.6 Å². The van der Waals surface area contributed by atoms with E-state index in [1.807, 2.05) is 11.6 Å². The number of nitrogens with zero attached hydrogens (tertiary/aromatic N) is 2. The number of carbonyl (C=O) groups is 1. The first kappa shape index (κ1) is 17.9. The molecular formula is C19H26FN3O2. The molecular weight excluding hydrogens is 321 g/mol. The Morgan fingerprint density at radius 2 is 2.28 bits per heavy atom. The van der Waals surface area contributed by atoms with E-state index in [4.69, 9.17) is 4.74 Å². The number of carbonyl (C=O) groups excluding carboxylic acids is 1. The summed E-state index contributed by atoms with van der Waals surface area (Å²) in [5.74, 6) is 0.867. The third-order valence-corrected chi connectivity index (χ3v) is 4.94. The van der Waals surface area contributed by atoms with Crippen molar-refractivity contribution in [3.8, 4) is 0 Å². The van der Waals surface area contributed by atoms with E-state index in [1.54, 1.807) is 6.07 Å². The lowest BCUT2D eigenvalue weighted by Crippen LogP contribution is -2.44. The second-order valence-corrected chi connectivity index (χ2v) is 7.09. The van der Waals surface area contributed by atoms with Gasteiger partial charge in [0.25, 0.3) is 0 Å². The average Bonchev–Trinajstić information content (AvgIpc) is 2.90. The average molecular weight is 347 g/mol. The summed E-state index contributed by atoms with van der Waals surface area (Å²) >= 11 is 0. The fourth-order valence-electron chi connectivity index (χ4n) is 3.61. The van der Waals surface area contributed by atoms with Crippen LogP contribution in [0, 0.1) is 17.7 Å². The number of aromatic nitrogens is 2. The molecule has 0 unspecified atom stereocenters. The van der Waals surface area contributed by atoms with E-state index in [-0.39, 0.29) is 23.7 Å². The number of fused-ring (bicyclic) bond motifs is 1. The van der Waals surface area contributed by atoms with Gasteiger partial charge in [-0.25, -0.2) is 9.37 Å². The van der Waals surface area contributed by atoms with Crippen LogP contribution in [0.1, 0.15) is 32.5 Å². The maximum absolute atomic E-state index is 13.4. The van der Waals surface area contributed by atoms with Gasteiger partial charge in [0.15, 0.2) is 0 Å². The van der Waals surface area contributed by atoms with Gasteiger partial charge in [-0.1, -0.05) is 13.8 Å². The summed E-state index contributed by atoms with van der Waals surface area (Å²) in [6.45, 7) is 5.44. The van der Waals surface area contributed by atoms with E-state index in [0.29, 0.717) is 18.9 Å². The molecule has 1 N–H and O–H groups in total. The predicted molar refractivity (Wildman–Crippen MR) is 94.7 cm³/mol. The standard InChI is InChI=1S/C19H26FN3O2/c1-12(2)18-14(5-4-10-25-18)19(24)21-9-8-17-22-15-7-6-13(20)11-16(15)23(17)3/h6-7,11-12,14,18H,4-5,8-10H2,1-3H3,(H,21,24)/t14-,18+/m0/s1. The van der Waals surface area contributed by atoms with E-state index in [0.717, 1.165) is 36.3 Å². The molecule has 2 aromatic rings. The summed E-state index contributed by atoms with van der Waals surface area (Å²) in [5.41, 5.74) is 1.53. The van der Waals surface area contributed by atoms with Crippen molar-refractivity contribution in [1.82, 2.24) is 14.9 Å². The molecule has 25 heavy (non-hydrogen) atoms. The molecule has 2 heterocycles. The lowest BCUT2D eigenvalue weighted by molar-refractivity contribution is -0.137. The number of ether oxygens (including phenoxy) is 1. The second-order valence-electron chi connectivity index (χ2n) is 7.09. The molecule has 0 spiro atoms. The number of aryl methyl sites for hydroxylation is 1. The number of benzene rings is 1. The highest BCUT2D eigenvalue weighted by Gasteiger charge is 2.33. The van der Waals surface area contributed by atoms with Gasteiger partial charge in [0, 0.05) is 26.6 Å². The van der Waals surface area contributed by atoms with Crippen LogP contribution in [0.5, 0.6) is 0 Å². The molecule has 1 aliphatic heterocycles. The van der Waals surface area contributed by atoms with E-state index in [9.17, 15) is 9.18 Å². The van der Waals surface area contributed by atoms with Gasteiger partial charge in [-0.05, 0) is 37.0 Å². The molecule has 3 rings (SSSR count). The smallest absolute Gasteiger partial charge is 0.225 e. The molecule has 2 atom stereocenters. The Bertz CT molecular complexity index is 756. The highest BCUT2D eigenvalue weighted by Crippen LogP contribution is 2.26. The lowest BCUT2D eigenvalue weighted by atomic mass is 9.87. The van der Waals surface area contributed by atoms with Gasteiger partial charge in [-0.3, -0.25) is 4.79 Å². The second kappa shape index (κ2) is 7.52. The minimum Gasteiger partial charge on any atom is -0.377 e. The molecule has 1 aromatic heterocycles. The van der Waals surface area contributed by atoms with Crippen molar-refractivity contribution in [3.63, 3.8) is 0 Å². The minimum atomic E-state index is -0.271. The predicted octanol–water partition coefficient (Wildman–Crippen LogP) is 2.82. The van der Waals surface area contributed by atoms with Gasteiger partial charge in [-0.15, -0.1) is 0 Å². The summed E-state index contributed by atoms with van der Waals surface area (Å²) in [5, 5.41) is 3.02. The first-order valence-corrected chi connectivity index (χ1v) is 8.97. The molecule has 0 aliphatic carbocycles. The van der Waals surface area contributed by atoms with Crippen LogP contribution in [0.4, 0.5) is 4.39 Å². The van der Waals surface area contributed by atoms with Crippen LogP contribution in [0.15, 0.2) is 18.2 Å². The molecule has 1 aliphatic rings. The van der Waals surface area contributed by atoms with Crippen molar-refractivity contribution in [2.45, 2.75) is 39.2 Å². The first-order valence-electron chi connectivity index (χ1n) is 8.97. The Morgan fingerprint density at radius 3 is 3.04 bits per heavy atom. The molecule has 1 amide bonds. The van der Waals surface area contributed by atoms with Crippen molar-refractivity contribution >= 4 is 16.9 Å². The molecule has 6 heteroatoms. The fourth-order valence-corrected chi connectivity index (χ4v) is 3.61. The third-order valence-electron chi connectivity index (χ3n) is 4.94. The van der Waals surface area contributed by atoms with Crippen molar-refractivity contribution in [1.29, 1.82) is 0 Å². The quantitative estimate of drug-likeness (QED) is 0.905. The molecule has 0 radical (unpaired) electrons. The zero-order valence-corrected chi connectivity index (χ0v) is 15.1. The third kappa shape index (κ3) is 3.84. The zero-order valence-electron chi connectivity index (χ0n) is 15.1. The van der Waals surface area contributed by atoms with Crippen LogP contribution < -0.4 is 5.32 Å². The highest BCUT2D eigenvalue weighted by atomic mass is 19.1.